The van der Waals surface area contributed by atoms with Crippen LogP contribution in [-0.2, 0) is 0 Å². The lowest BCUT2D eigenvalue weighted by molar-refractivity contribution is 1.01. The number of hydrogen-bond acceptors (Lipinski definition) is 2. The Morgan fingerprint density at radius 3 is 2.56 bits per heavy atom. The van der Waals surface area contributed by atoms with Gasteiger partial charge in [-0.1, -0.05) is 35.2 Å². The zero-order valence-electron chi connectivity index (χ0n) is 8.74. The highest BCUT2D eigenvalue weighted by Crippen LogP contribution is 2.05. The van der Waals surface area contributed by atoms with Crippen molar-refractivity contribution in [1.29, 1.82) is 0 Å². The van der Waals surface area contributed by atoms with E-state index in [4.69, 9.17) is 11.6 Å². The minimum Gasteiger partial charge on any atom is -0.156 e. The van der Waals surface area contributed by atoms with Crippen LogP contribution in [0.25, 0.3) is 0 Å². The minimum absolute atomic E-state index is 0.545. The van der Waals surface area contributed by atoms with Gasteiger partial charge in [-0.25, -0.2) is 0 Å². The third-order valence-corrected chi connectivity index (χ3v) is 2.21. The van der Waals surface area contributed by atoms with Crippen molar-refractivity contribution in [3.05, 3.63) is 58.4 Å². The van der Waals surface area contributed by atoms with Crippen molar-refractivity contribution >= 4 is 11.6 Å². The SMILES string of the molecule is Cc1ccc(C#Cc2cc(Cl)cnn2)cc1. The topological polar surface area (TPSA) is 25.8 Å². The molecule has 0 aliphatic heterocycles. The summed E-state index contributed by atoms with van der Waals surface area (Å²) < 4.78 is 0. The number of benzene rings is 1. The summed E-state index contributed by atoms with van der Waals surface area (Å²) in [5, 5.41) is 8.13. The molecule has 0 N–H and O–H groups in total. The van der Waals surface area contributed by atoms with Gasteiger partial charge in [0, 0.05) is 5.56 Å². The molecule has 0 unspecified atom stereocenters. The average Bonchev–Trinajstić information content (AvgIpc) is 2.28. The quantitative estimate of drug-likeness (QED) is 0.648. The van der Waals surface area contributed by atoms with Crippen LogP contribution in [0.1, 0.15) is 16.8 Å². The predicted molar refractivity (Wildman–Crippen MR) is 64.2 cm³/mol. The van der Waals surface area contributed by atoms with Crippen molar-refractivity contribution in [3.8, 4) is 11.8 Å². The van der Waals surface area contributed by atoms with Gasteiger partial charge in [-0.05, 0) is 31.0 Å². The third-order valence-electron chi connectivity index (χ3n) is 2.01. The second-order valence-electron chi connectivity index (χ2n) is 3.38. The molecule has 2 nitrogen and oxygen atoms in total. The highest BCUT2D eigenvalue weighted by Gasteiger charge is 1.91. The largest absolute Gasteiger partial charge is 0.156 e. The number of rotatable bonds is 0. The van der Waals surface area contributed by atoms with Gasteiger partial charge in [-0.2, -0.15) is 5.10 Å². The lowest BCUT2D eigenvalue weighted by Gasteiger charge is -1.92. The van der Waals surface area contributed by atoms with Crippen LogP contribution < -0.4 is 0 Å². The molecule has 0 radical (unpaired) electrons. The lowest BCUT2D eigenvalue weighted by Crippen LogP contribution is -1.85. The Morgan fingerprint density at radius 2 is 1.88 bits per heavy atom. The first-order valence-electron chi connectivity index (χ1n) is 4.81. The summed E-state index contributed by atoms with van der Waals surface area (Å²) in [5.74, 6) is 5.92. The fourth-order valence-electron chi connectivity index (χ4n) is 1.18. The summed E-state index contributed by atoms with van der Waals surface area (Å²) in [6, 6.07) is 9.68. The van der Waals surface area contributed by atoms with E-state index in [1.807, 2.05) is 31.2 Å². The number of halogens is 1. The van der Waals surface area contributed by atoms with Gasteiger partial charge in [0.1, 0.15) is 5.69 Å². The third kappa shape index (κ3) is 2.82. The van der Waals surface area contributed by atoms with E-state index in [0.717, 1.165) is 5.56 Å². The van der Waals surface area contributed by atoms with Gasteiger partial charge in [0.2, 0.25) is 0 Å². The fourth-order valence-corrected chi connectivity index (χ4v) is 1.32. The Morgan fingerprint density at radius 1 is 1.12 bits per heavy atom. The second-order valence-corrected chi connectivity index (χ2v) is 3.81. The minimum atomic E-state index is 0.545. The van der Waals surface area contributed by atoms with Crippen LogP contribution in [-0.4, -0.2) is 10.2 Å². The van der Waals surface area contributed by atoms with Crippen LogP contribution in [0.5, 0.6) is 0 Å². The predicted octanol–water partition coefficient (Wildman–Crippen LogP) is 2.84. The van der Waals surface area contributed by atoms with Crippen molar-refractivity contribution in [1.82, 2.24) is 10.2 Å². The molecule has 0 amide bonds. The Labute approximate surface area is 99.3 Å². The molecule has 0 bridgehead atoms. The molecule has 3 heteroatoms. The first kappa shape index (κ1) is 10.7. The molecule has 0 spiro atoms. The summed E-state index contributed by atoms with van der Waals surface area (Å²) in [6.07, 6.45) is 1.48. The van der Waals surface area contributed by atoms with Crippen molar-refractivity contribution in [2.75, 3.05) is 0 Å². The monoisotopic (exact) mass is 228 g/mol. The maximum absolute atomic E-state index is 5.78. The molecule has 0 fully saturated rings. The van der Waals surface area contributed by atoms with Crippen molar-refractivity contribution in [2.45, 2.75) is 6.92 Å². The molecule has 1 aromatic carbocycles. The van der Waals surface area contributed by atoms with E-state index in [0.29, 0.717) is 10.7 Å². The van der Waals surface area contributed by atoms with Crippen LogP contribution in [0.2, 0.25) is 5.02 Å². The van der Waals surface area contributed by atoms with Gasteiger partial charge < -0.3 is 0 Å². The van der Waals surface area contributed by atoms with Crippen LogP contribution in [0, 0.1) is 18.8 Å². The van der Waals surface area contributed by atoms with E-state index < -0.39 is 0 Å². The zero-order valence-corrected chi connectivity index (χ0v) is 9.49. The summed E-state index contributed by atoms with van der Waals surface area (Å²) in [5.41, 5.74) is 2.74. The van der Waals surface area contributed by atoms with Gasteiger partial charge in [0.05, 0.1) is 11.2 Å². The molecule has 1 aromatic heterocycles. The molecule has 0 saturated carbocycles. The summed E-state index contributed by atoms with van der Waals surface area (Å²) >= 11 is 5.78. The van der Waals surface area contributed by atoms with Gasteiger partial charge >= 0.3 is 0 Å². The molecule has 0 saturated heterocycles. The van der Waals surface area contributed by atoms with E-state index >= 15 is 0 Å². The maximum Gasteiger partial charge on any atom is 0.137 e. The van der Waals surface area contributed by atoms with Crippen LogP contribution in [0.15, 0.2) is 36.5 Å². The molecule has 1 heterocycles. The Kier molecular flexibility index (Phi) is 3.19. The summed E-state index contributed by atoms with van der Waals surface area (Å²) in [6.45, 7) is 2.04. The molecule has 0 atom stereocenters. The first-order valence-corrected chi connectivity index (χ1v) is 5.19. The Hall–Kier alpha value is -1.85. The molecule has 0 aliphatic rings. The maximum atomic E-state index is 5.78. The molecule has 2 rings (SSSR count). The number of aryl methyl sites for hydroxylation is 1. The molecule has 78 valence electrons. The van der Waals surface area contributed by atoms with E-state index in [9.17, 15) is 0 Å². The molecule has 2 aromatic rings. The van der Waals surface area contributed by atoms with Crippen LogP contribution in [0.3, 0.4) is 0 Å². The van der Waals surface area contributed by atoms with Gasteiger partial charge in [-0.3, -0.25) is 0 Å². The smallest absolute Gasteiger partial charge is 0.137 e. The number of nitrogens with zero attached hydrogens (tertiary/aromatic N) is 2. The molecular weight excluding hydrogens is 220 g/mol. The number of aromatic nitrogens is 2. The van der Waals surface area contributed by atoms with E-state index in [2.05, 4.69) is 22.0 Å². The average molecular weight is 229 g/mol. The summed E-state index contributed by atoms with van der Waals surface area (Å²) in [4.78, 5) is 0. The van der Waals surface area contributed by atoms with Crippen molar-refractivity contribution in [2.24, 2.45) is 0 Å². The van der Waals surface area contributed by atoms with Crippen LogP contribution >= 0.6 is 11.6 Å². The highest BCUT2D eigenvalue weighted by molar-refractivity contribution is 6.30. The molecular formula is C13H9ClN2. The highest BCUT2D eigenvalue weighted by atomic mass is 35.5. The fraction of sp³-hybridized carbons (Fsp3) is 0.0769. The lowest BCUT2D eigenvalue weighted by atomic mass is 10.1. The number of hydrogen-bond donors (Lipinski definition) is 0. The van der Waals surface area contributed by atoms with Crippen molar-refractivity contribution < 1.29 is 0 Å². The molecule has 0 aliphatic carbocycles. The van der Waals surface area contributed by atoms with E-state index in [1.165, 1.54) is 11.8 Å². The van der Waals surface area contributed by atoms with Gasteiger partial charge in [-0.15, -0.1) is 5.10 Å². The normalized spacial score (nSPS) is 9.38. The summed E-state index contributed by atoms with van der Waals surface area (Å²) in [7, 11) is 0. The van der Waals surface area contributed by atoms with Gasteiger partial charge in [0.15, 0.2) is 0 Å². The molecule has 16 heavy (non-hydrogen) atoms. The van der Waals surface area contributed by atoms with Gasteiger partial charge in [0.25, 0.3) is 0 Å². The van der Waals surface area contributed by atoms with E-state index in [-0.39, 0.29) is 0 Å². The van der Waals surface area contributed by atoms with Crippen LogP contribution in [0.4, 0.5) is 0 Å². The second kappa shape index (κ2) is 4.78. The van der Waals surface area contributed by atoms with E-state index in [1.54, 1.807) is 6.07 Å². The Bertz CT molecular complexity index is 550. The Balaban J connectivity index is 2.25. The standard InChI is InChI=1S/C13H9ClN2/c1-10-2-4-11(5-3-10)6-7-13-8-12(14)9-15-16-13/h2-5,8-9H,1H3. The zero-order chi connectivity index (χ0) is 11.4. The van der Waals surface area contributed by atoms with Crippen molar-refractivity contribution in [3.63, 3.8) is 0 Å². The first-order chi connectivity index (χ1) is 7.74.